The maximum Gasteiger partial charge on any atom is 0.389 e. The molecule has 0 unspecified atom stereocenters. The van der Waals surface area contributed by atoms with Gasteiger partial charge in [0.05, 0.1) is 7.11 Å². The molecule has 1 atom stereocenters. The van der Waals surface area contributed by atoms with Gasteiger partial charge < -0.3 is 15.6 Å². The third-order valence-electron chi connectivity index (χ3n) is 2.37. The van der Waals surface area contributed by atoms with Gasteiger partial charge in [-0.1, -0.05) is 0 Å². The number of ether oxygens (including phenoxy) is 1. The number of hydrogen-bond donors (Lipinski definition) is 2. The number of methoxy groups -OCH3 is 1. The van der Waals surface area contributed by atoms with Crippen LogP contribution in [0.25, 0.3) is 0 Å². The van der Waals surface area contributed by atoms with Gasteiger partial charge >= 0.3 is 6.18 Å². The Morgan fingerprint density at radius 2 is 2.06 bits per heavy atom. The second-order valence-corrected chi connectivity index (χ2v) is 3.69. The average molecular weight is 249 g/mol. The molecule has 0 aliphatic rings. The monoisotopic (exact) mass is 249 g/mol. The van der Waals surface area contributed by atoms with E-state index in [1.165, 1.54) is 25.3 Å². The molecule has 96 valence electrons. The zero-order chi connectivity index (χ0) is 13.1. The molecule has 0 aliphatic heterocycles. The number of phenolic OH excluding ortho intramolecular Hbond substituents is 1. The number of benzene rings is 1. The Kier molecular flexibility index (Phi) is 4.22. The summed E-state index contributed by atoms with van der Waals surface area (Å²) in [4.78, 5) is 0. The summed E-state index contributed by atoms with van der Waals surface area (Å²) in [6.07, 6.45) is -5.50. The van der Waals surface area contributed by atoms with Gasteiger partial charge in [-0.05, 0) is 24.6 Å². The van der Waals surface area contributed by atoms with Gasteiger partial charge in [-0.3, -0.25) is 0 Å². The molecule has 0 aromatic heterocycles. The maximum atomic E-state index is 12.0. The van der Waals surface area contributed by atoms with Crippen LogP contribution in [0, 0.1) is 0 Å². The molecule has 1 rings (SSSR count). The number of aromatic hydroxyl groups is 1. The van der Waals surface area contributed by atoms with Crippen molar-refractivity contribution < 1.29 is 23.0 Å². The molecular weight excluding hydrogens is 235 g/mol. The van der Waals surface area contributed by atoms with E-state index >= 15 is 0 Å². The summed E-state index contributed by atoms with van der Waals surface area (Å²) in [6, 6.07) is 3.43. The largest absolute Gasteiger partial charge is 0.508 e. The summed E-state index contributed by atoms with van der Waals surface area (Å²) >= 11 is 0. The molecule has 0 amide bonds. The SMILES string of the molecule is COc1ccc(O)c([C@@H](N)CCC(F)(F)F)c1. The van der Waals surface area contributed by atoms with E-state index in [0.29, 0.717) is 5.75 Å². The highest BCUT2D eigenvalue weighted by Gasteiger charge is 2.28. The smallest absolute Gasteiger partial charge is 0.389 e. The summed E-state index contributed by atoms with van der Waals surface area (Å²) in [5.41, 5.74) is 5.87. The summed E-state index contributed by atoms with van der Waals surface area (Å²) in [5, 5.41) is 9.51. The standard InChI is InChI=1S/C11H14F3NO2/c1-17-7-2-3-10(16)8(6-7)9(15)4-5-11(12,13)14/h2-3,6,9,16H,4-5,15H2,1H3/t9-/m0/s1. The predicted molar refractivity (Wildman–Crippen MR) is 56.9 cm³/mol. The van der Waals surface area contributed by atoms with Gasteiger partial charge in [0.15, 0.2) is 0 Å². The van der Waals surface area contributed by atoms with Crippen molar-refractivity contribution in [3.63, 3.8) is 0 Å². The van der Waals surface area contributed by atoms with Crippen molar-refractivity contribution in [2.75, 3.05) is 7.11 Å². The first-order chi connectivity index (χ1) is 7.83. The number of halogens is 3. The number of nitrogens with two attached hydrogens (primary N) is 1. The summed E-state index contributed by atoms with van der Waals surface area (Å²) in [5.74, 6) is 0.320. The molecule has 0 bridgehead atoms. The molecule has 17 heavy (non-hydrogen) atoms. The van der Waals surface area contributed by atoms with E-state index in [9.17, 15) is 18.3 Å². The molecule has 3 nitrogen and oxygen atoms in total. The molecule has 0 aliphatic carbocycles. The minimum atomic E-state index is -4.24. The second kappa shape index (κ2) is 5.27. The van der Waals surface area contributed by atoms with Gasteiger partial charge in [0.2, 0.25) is 0 Å². The second-order valence-electron chi connectivity index (χ2n) is 3.69. The van der Waals surface area contributed by atoms with E-state index in [1.807, 2.05) is 0 Å². The number of rotatable bonds is 4. The van der Waals surface area contributed by atoms with Gasteiger partial charge in [0.1, 0.15) is 11.5 Å². The van der Waals surface area contributed by atoms with Crippen LogP contribution < -0.4 is 10.5 Å². The lowest BCUT2D eigenvalue weighted by Gasteiger charge is -2.15. The van der Waals surface area contributed by atoms with Crippen molar-refractivity contribution in [1.82, 2.24) is 0 Å². The molecule has 0 fully saturated rings. The highest BCUT2D eigenvalue weighted by molar-refractivity contribution is 5.41. The fraction of sp³-hybridized carbons (Fsp3) is 0.455. The molecule has 0 heterocycles. The Morgan fingerprint density at radius 3 is 2.59 bits per heavy atom. The molecule has 0 saturated heterocycles. The van der Waals surface area contributed by atoms with E-state index in [1.54, 1.807) is 0 Å². The predicted octanol–water partition coefficient (Wildman–Crippen LogP) is 2.74. The van der Waals surface area contributed by atoms with E-state index in [2.05, 4.69) is 0 Å². The Hall–Kier alpha value is -1.43. The Balaban J connectivity index is 2.77. The summed E-state index contributed by atoms with van der Waals surface area (Å²) < 4.78 is 41.0. The molecule has 0 spiro atoms. The van der Waals surface area contributed by atoms with Gasteiger partial charge in [0.25, 0.3) is 0 Å². The normalized spacial score (nSPS) is 13.5. The molecule has 6 heteroatoms. The molecule has 0 radical (unpaired) electrons. The van der Waals surface area contributed by atoms with Crippen molar-refractivity contribution in [3.05, 3.63) is 23.8 Å². The first-order valence-electron chi connectivity index (χ1n) is 5.02. The highest BCUT2D eigenvalue weighted by Crippen LogP contribution is 2.32. The quantitative estimate of drug-likeness (QED) is 0.862. The lowest BCUT2D eigenvalue weighted by molar-refractivity contribution is -0.136. The Labute approximate surface area is 97.0 Å². The van der Waals surface area contributed by atoms with E-state index in [-0.39, 0.29) is 17.7 Å². The highest BCUT2D eigenvalue weighted by atomic mass is 19.4. The fourth-order valence-electron chi connectivity index (χ4n) is 1.43. The first-order valence-corrected chi connectivity index (χ1v) is 5.02. The van der Waals surface area contributed by atoms with Crippen LogP contribution in [-0.2, 0) is 0 Å². The van der Waals surface area contributed by atoms with Crippen molar-refractivity contribution in [2.24, 2.45) is 5.73 Å². The zero-order valence-corrected chi connectivity index (χ0v) is 9.29. The van der Waals surface area contributed by atoms with Crippen LogP contribution in [0.5, 0.6) is 11.5 Å². The molecular formula is C11H14F3NO2. The van der Waals surface area contributed by atoms with Gasteiger partial charge in [0, 0.05) is 18.0 Å². The van der Waals surface area contributed by atoms with Crippen molar-refractivity contribution in [2.45, 2.75) is 25.1 Å². The van der Waals surface area contributed by atoms with Gasteiger partial charge in [-0.25, -0.2) is 0 Å². The molecule has 0 saturated carbocycles. The van der Waals surface area contributed by atoms with Crippen LogP contribution in [-0.4, -0.2) is 18.4 Å². The van der Waals surface area contributed by atoms with Crippen molar-refractivity contribution in [3.8, 4) is 11.5 Å². The van der Waals surface area contributed by atoms with Crippen LogP contribution >= 0.6 is 0 Å². The van der Waals surface area contributed by atoms with Crippen molar-refractivity contribution in [1.29, 1.82) is 0 Å². The molecule has 1 aromatic carbocycles. The van der Waals surface area contributed by atoms with Crippen LogP contribution in [0.4, 0.5) is 13.2 Å². The number of phenols is 1. The average Bonchev–Trinajstić information content (AvgIpc) is 2.25. The minimum Gasteiger partial charge on any atom is -0.508 e. The summed E-state index contributed by atoms with van der Waals surface area (Å²) in [6.45, 7) is 0. The van der Waals surface area contributed by atoms with Crippen molar-refractivity contribution >= 4 is 0 Å². The first kappa shape index (κ1) is 13.6. The lowest BCUT2D eigenvalue weighted by Crippen LogP contribution is -2.16. The van der Waals surface area contributed by atoms with Gasteiger partial charge in [-0.2, -0.15) is 13.2 Å². The maximum absolute atomic E-state index is 12.0. The Bertz CT molecular complexity index is 379. The minimum absolute atomic E-state index is 0.125. The van der Waals surface area contributed by atoms with E-state index in [4.69, 9.17) is 10.5 Å². The van der Waals surface area contributed by atoms with Crippen LogP contribution in [0.15, 0.2) is 18.2 Å². The topological polar surface area (TPSA) is 55.5 Å². The summed E-state index contributed by atoms with van der Waals surface area (Å²) in [7, 11) is 1.43. The third-order valence-corrected chi connectivity index (χ3v) is 2.37. The van der Waals surface area contributed by atoms with Crippen LogP contribution in [0.3, 0.4) is 0 Å². The zero-order valence-electron chi connectivity index (χ0n) is 9.29. The Morgan fingerprint density at radius 1 is 1.41 bits per heavy atom. The third kappa shape index (κ3) is 4.14. The van der Waals surface area contributed by atoms with E-state index in [0.717, 1.165) is 0 Å². The number of hydrogen-bond acceptors (Lipinski definition) is 3. The lowest BCUT2D eigenvalue weighted by atomic mass is 10.0. The van der Waals surface area contributed by atoms with Gasteiger partial charge in [-0.15, -0.1) is 0 Å². The van der Waals surface area contributed by atoms with Crippen LogP contribution in [0.2, 0.25) is 0 Å². The van der Waals surface area contributed by atoms with E-state index < -0.39 is 18.6 Å². The molecule has 3 N–H and O–H groups in total. The molecule has 1 aromatic rings. The number of alkyl halides is 3. The fourth-order valence-corrected chi connectivity index (χ4v) is 1.43. The van der Waals surface area contributed by atoms with Crippen LogP contribution in [0.1, 0.15) is 24.4 Å².